The minimum Gasteiger partial charge on any atom is -0.484 e. The number of ether oxygens (including phenoxy) is 1. The van der Waals surface area contributed by atoms with Gasteiger partial charge in [-0.15, -0.1) is 11.3 Å². The maximum absolute atomic E-state index is 11.7. The lowest BCUT2D eigenvalue weighted by Gasteiger charge is -2.12. The summed E-state index contributed by atoms with van der Waals surface area (Å²) in [5, 5.41) is 5.84. The van der Waals surface area contributed by atoms with Gasteiger partial charge in [-0.2, -0.15) is 5.10 Å². The molecular formula is C17H20N2O2S. The number of carbonyl (C=O) groups is 1. The molecule has 1 aromatic heterocycles. The maximum atomic E-state index is 11.7. The first kappa shape index (κ1) is 16.2. The van der Waals surface area contributed by atoms with Gasteiger partial charge in [0.05, 0.1) is 6.21 Å². The summed E-state index contributed by atoms with van der Waals surface area (Å²) in [7, 11) is 0. The highest BCUT2D eigenvalue weighted by Gasteiger charge is 2.06. The quantitative estimate of drug-likeness (QED) is 0.652. The van der Waals surface area contributed by atoms with Crippen LogP contribution in [-0.4, -0.2) is 18.7 Å². The van der Waals surface area contributed by atoms with Crippen LogP contribution < -0.4 is 10.2 Å². The van der Waals surface area contributed by atoms with Gasteiger partial charge in [0.15, 0.2) is 6.61 Å². The van der Waals surface area contributed by atoms with Crippen molar-refractivity contribution in [3.8, 4) is 5.75 Å². The van der Waals surface area contributed by atoms with E-state index in [1.165, 1.54) is 11.1 Å². The standard InChI is InChI=1S/C17H20N2O2S/c1-12(2)16-7-6-14(9-13(16)3)21-11-17(20)19-18-10-15-5-4-8-22-15/h4-10,12H,11H2,1-3H3,(H,19,20)/b18-10+. The summed E-state index contributed by atoms with van der Waals surface area (Å²) in [6.45, 7) is 6.31. The molecule has 1 heterocycles. The summed E-state index contributed by atoms with van der Waals surface area (Å²) in [5.41, 5.74) is 4.91. The van der Waals surface area contributed by atoms with E-state index in [4.69, 9.17) is 4.74 Å². The third-order valence-corrected chi connectivity index (χ3v) is 3.96. The van der Waals surface area contributed by atoms with Crippen LogP contribution in [0.2, 0.25) is 0 Å². The average Bonchev–Trinajstić information content (AvgIpc) is 2.98. The van der Waals surface area contributed by atoms with Crippen LogP contribution in [0, 0.1) is 6.92 Å². The highest BCUT2D eigenvalue weighted by molar-refractivity contribution is 7.11. The van der Waals surface area contributed by atoms with Crippen LogP contribution in [0.15, 0.2) is 40.8 Å². The van der Waals surface area contributed by atoms with E-state index in [1.807, 2.05) is 42.6 Å². The summed E-state index contributed by atoms with van der Waals surface area (Å²) >= 11 is 1.56. The number of hydrogen-bond acceptors (Lipinski definition) is 4. The Bertz CT molecular complexity index is 649. The lowest BCUT2D eigenvalue weighted by molar-refractivity contribution is -0.123. The predicted molar refractivity (Wildman–Crippen MR) is 90.8 cm³/mol. The number of aryl methyl sites for hydroxylation is 1. The molecule has 0 aliphatic carbocycles. The molecule has 0 unspecified atom stereocenters. The maximum Gasteiger partial charge on any atom is 0.277 e. The van der Waals surface area contributed by atoms with Crippen LogP contribution in [0.3, 0.4) is 0 Å². The van der Waals surface area contributed by atoms with Crippen molar-refractivity contribution in [3.63, 3.8) is 0 Å². The molecule has 0 aliphatic rings. The molecule has 1 aromatic carbocycles. The van der Waals surface area contributed by atoms with E-state index in [9.17, 15) is 4.79 Å². The van der Waals surface area contributed by atoms with E-state index in [1.54, 1.807) is 17.6 Å². The largest absolute Gasteiger partial charge is 0.484 e. The van der Waals surface area contributed by atoms with Gasteiger partial charge < -0.3 is 4.74 Å². The molecule has 2 rings (SSSR count). The molecule has 0 aliphatic heterocycles. The third kappa shape index (κ3) is 4.70. The summed E-state index contributed by atoms with van der Waals surface area (Å²) in [4.78, 5) is 12.6. The Balaban J connectivity index is 1.82. The summed E-state index contributed by atoms with van der Waals surface area (Å²) in [5.74, 6) is 0.890. The molecular weight excluding hydrogens is 296 g/mol. The zero-order valence-electron chi connectivity index (χ0n) is 13.0. The molecule has 1 amide bonds. The molecule has 4 nitrogen and oxygen atoms in total. The first-order valence-electron chi connectivity index (χ1n) is 7.15. The monoisotopic (exact) mass is 316 g/mol. The van der Waals surface area contributed by atoms with Crippen LogP contribution in [0.1, 0.15) is 35.8 Å². The zero-order chi connectivity index (χ0) is 15.9. The minimum atomic E-state index is -0.279. The second-order valence-corrected chi connectivity index (χ2v) is 6.25. The Morgan fingerprint density at radius 2 is 2.23 bits per heavy atom. The molecule has 0 saturated heterocycles. The molecule has 0 fully saturated rings. The molecule has 2 aromatic rings. The van der Waals surface area contributed by atoms with Gasteiger partial charge in [-0.05, 0) is 47.5 Å². The van der Waals surface area contributed by atoms with Crippen LogP contribution in [0.4, 0.5) is 0 Å². The van der Waals surface area contributed by atoms with Gasteiger partial charge in [0, 0.05) is 4.88 Å². The first-order chi connectivity index (χ1) is 10.6. The van der Waals surface area contributed by atoms with E-state index in [2.05, 4.69) is 24.4 Å². The molecule has 0 bridgehead atoms. The summed E-state index contributed by atoms with van der Waals surface area (Å²) in [6, 6.07) is 9.75. The molecule has 1 N–H and O–H groups in total. The van der Waals surface area contributed by atoms with E-state index < -0.39 is 0 Å². The van der Waals surface area contributed by atoms with Gasteiger partial charge in [0.25, 0.3) is 5.91 Å². The second kappa shape index (κ2) is 7.75. The smallest absolute Gasteiger partial charge is 0.277 e. The van der Waals surface area contributed by atoms with Crippen LogP contribution in [0.5, 0.6) is 5.75 Å². The number of benzene rings is 1. The number of carbonyl (C=O) groups excluding carboxylic acids is 1. The van der Waals surface area contributed by atoms with Gasteiger partial charge in [0.2, 0.25) is 0 Å². The van der Waals surface area contributed by atoms with Crippen molar-refractivity contribution in [2.45, 2.75) is 26.7 Å². The number of nitrogens with zero attached hydrogens (tertiary/aromatic N) is 1. The predicted octanol–water partition coefficient (Wildman–Crippen LogP) is 3.71. The molecule has 0 spiro atoms. The normalized spacial score (nSPS) is 11.1. The molecule has 0 saturated carbocycles. The number of hydrazone groups is 1. The number of hydrogen-bond donors (Lipinski definition) is 1. The van der Waals surface area contributed by atoms with Crippen molar-refractivity contribution in [1.82, 2.24) is 5.43 Å². The third-order valence-electron chi connectivity index (χ3n) is 3.16. The number of thiophene rings is 1. The fraction of sp³-hybridized carbons (Fsp3) is 0.294. The topological polar surface area (TPSA) is 50.7 Å². The van der Waals surface area contributed by atoms with Gasteiger partial charge in [-0.1, -0.05) is 26.0 Å². The molecule has 0 radical (unpaired) electrons. The number of nitrogens with one attached hydrogen (secondary N) is 1. The molecule has 22 heavy (non-hydrogen) atoms. The van der Waals surface area contributed by atoms with E-state index in [0.717, 1.165) is 4.88 Å². The van der Waals surface area contributed by atoms with Crippen molar-refractivity contribution in [2.24, 2.45) is 5.10 Å². The number of rotatable bonds is 6. The summed E-state index contributed by atoms with van der Waals surface area (Å²) in [6.07, 6.45) is 1.62. The van der Waals surface area contributed by atoms with Crippen LogP contribution in [0.25, 0.3) is 0 Å². The Morgan fingerprint density at radius 1 is 1.41 bits per heavy atom. The van der Waals surface area contributed by atoms with Crippen molar-refractivity contribution in [1.29, 1.82) is 0 Å². The fourth-order valence-corrected chi connectivity index (χ4v) is 2.68. The fourth-order valence-electron chi connectivity index (χ4n) is 2.10. The van der Waals surface area contributed by atoms with Gasteiger partial charge in [-0.3, -0.25) is 4.79 Å². The van der Waals surface area contributed by atoms with Gasteiger partial charge >= 0.3 is 0 Å². The second-order valence-electron chi connectivity index (χ2n) is 5.27. The Morgan fingerprint density at radius 3 is 2.86 bits per heavy atom. The van der Waals surface area contributed by atoms with Gasteiger partial charge in [-0.25, -0.2) is 5.43 Å². The molecule has 0 atom stereocenters. The SMILES string of the molecule is Cc1cc(OCC(=O)N/N=C/c2cccs2)ccc1C(C)C. The van der Waals surface area contributed by atoms with Crippen molar-refractivity contribution >= 4 is 23.5 Å². The lowest BCUT2D eigenvalue weighted by Crippen LogP contribution is -2.24. The van der Waals surface area contributed by atoms with Crippen molar-refractivity contribution in [2.75, 3.05) is 6.61 Å². The van der Waals surface area contributed by atoms with E-state index >= 15 is 0 Å². The molecule has 116 valence electrons. The minimum absolute atomic E-state index is 0.0533. The Kier molecular flexibility index (Phi) is 5.72. The first-order valence-corrected chi connectivity index (χ1v) is 8.03. The van der Waals surface area contributed by atoms with Gasteiger partial charge in [0.1, 0.15) is 5.75 Å². The average molecular weight is 316 g/mol. The zero-order valence-corrected chi connectivity index (χ0v) is 13.8. The highest BCUT2D eigenvalue weighted by atomic mass is 32.1. The van der Waals surface area contributed by atoms with Crippen molar-refractivity contribution in [3.05, 3.63) is 51.7 Å². The van der Waals surface area contributed by atoms with Crippen molar-refractivity contribution < 1.29 is 9.53 Å². The lowest BCUT2D eigenvalue weighted by atomic mass is 9.98. The number of amides is 1. The molecule has 5 heteroatoms. The van der Waals surface area contributed by atoms with Crippen LogP contribution in [-0.2, 0) is 4.79 Å². The Hall–Kier alpha value is -2.14. The van der Waals surface area contributed by atoms with E-state index in [-0.39, 0.29) is 12.5 Å². The van der Waals surface area contributed by atoms with Crippen LogP contribution >= 0.6 is 11.3 Å². The Labute approximate surface area is 134 Å². The van der Waals surface area contributed by atoms with E-state index in [0.29, 0.717) is 11.7 Å². The highest BCUT2D eigenvalue weighted by Crippen LogP contribution is 2.23. The summed E-state index contributed by atoms with van der Waals surface area (Å²) < 4.78 is 5.49.